The molecule has 2 aromatic carbocycles. The molecule has 2 aromatic rings. The highest BCUT2D eigenvalue weighted by Gasteiger charge is 2.49. The van der Waals surface area contributed by atoms with Crippen LogP contribution in [0.25, 0.3) is 0 Å². The molecule has 1 saturated carbocycles. The van der Waals surface area contributed by atoms with Gasteiger partial charge >= 0.3 is 0 Å². The first-order valence-corrected chi connectivity index (χ1v) is 19.5. The number of para-hydroxylation sites is 1. The van der Waals surface area contributed by atoms with Gasteiger partial charge in [0.05, 0.1) is 17.1 Å². The second-order valence-corrected chi connectivity index (χ2v) is 20.2. The van der Waals surface area contributed by atoms with Crippen molar-refractivity contribution >= 4 is 32.1 Å². The molecule has 1 aliphatic carbocycles. The standard InChI is InChI=1S/C35H51NO4SSi/c1-24(2)35(23-37,22-30(40-42(6,7)34(3,4)5)29(36)21-25-15-10-8-11-16-25)32(38)27-19-14-20-28-31(27)39-33(28)41-26-17-12-9-13-18-26/h9,12-14,17-20,23-25,29-30,33H,8,10-11,15-16,21-22,36H2,1-7H3/t29-,30-,33?,35+/m0/s1. The number of hydrogen-bond acceptors (Lipinski definition) is 6. The van der Waals surface area contributed by atoms with E-state index in [9.17, 15) is 9.59 Å². The number of benzene rings is 2. The van der Waals surface area contributed by atoms with Crippen LogP contribution in [0.3, 0.4) is 0 Å². The summed E-state index contributed by atoms with van der Waals surface area (Å²) in [4.78, 5) is 28.8. The second kappa shape index (κ2) is 13.4. The van der Waals surface area contributed by atoms with Gasteiger partial charge in [0.2, 0.25) is 0 Å². The number of fused-ring (bicyclic) bond motifs is 1. The van der Waals surface area contributed by atoms with Crippen LogP contribution in [0.15, 0.2) is 53.4 Å². The van der Waals surface area contributed by atoms with Gasteiger partial charge in [-0.15, -0.1) is 0 Å². The van der Waals surface area contributed by atoms with Crippen LogP contribution in [-0.4, -0.2) is 32.5 Å². The van der Waals surface area contributed by atoms with Gasteiger partial charge in [-0.25, -0.2) is 0 Å². The lowest BCUT2D eigenvalue weighted by Gasteiger charge is -2.44. The number of nitrogens with two attached hydrogens (primary N) is 1. The van der Waals surface area contributed by atoms with Gasteiger partial charge in [-0.05, 0) is 61.0 Å². The van der Waals surface area contributed by atoms with Crippen molar-refractivity contribution in [2.45, 2.75) is 120 Å². The fourth-order valence-corrected chi connectivity index (χ4v) is 8.47. The summed E-state index contributed by atoms with van der Waals surface area (Å²) in [7, 11) is -2.25. The Morgan fingerprint density at radius 3 is 2.33 bits per heavy atom. The Morgan fingerprint density at radius 2 is 1.74 bits per heavy atom. The topological polar surface area (TPSA) is 78.6 Å². The second-order valence-electron chi connectivity index (χ2n) is 14.3. The van der Waals surface area contributed by atoms with E-state index in [1.54, 1.807) is 17.8 Å². The van der Waals surface area contributed by atoms with Crippen molar-refractivity contribution in [1.82, 2.24) is 0 Å². The minimum Gasteiger partial charge on any atom is -0.473 e. The average molecular weight is 610 g/mol. The SMILES string of the molecule is CC(C)[C@](C=O)(C[C@H](O[Si](C)(C)C(C)(C)C)[C@@H](N)CC1CCCCC1)C(=O)c1cccc2c1OC2Sc1ccccc1. The van der Waals surface area contributed by atoms with Gasteiger partial charge in [-0.1, -0.05) is 109 Å². The van der Waals surface area contributed by atoms with Crippen LogP contribution in [-0.2, 0) is 9.22 Å². The molecule has 42 heavy (non-hydrogen) atoms. The highest BCUT2D eigenvalue weighted by Crippen LogP contribution is 2.52. The zero-order chi connectivity index (χ0) is 30.7. The first-order valence-electron chi connectivity index (χ1n) is 15.7. The smallest absolute Gasteiger partial charge is 0.192 e. The molecule has 1 heterocycles. The fraction of sp³-hybridized carbons (Fsp3) is 0.600. The summed E-state index contributed by atoms with van der Waals surface area (Å²) in [6, 6.07) is 15.6. The van der Waals surface area contributed by atoms with E-state index >= 15 is 0 Å². The summed E-state index contributed by atoms with van der Waals surface area (Å²) in [5.74, 6) is 0.735. The Kier molecular flexibility index (Phi) is 10.5. The highest BCUT2D eigenvalue weighted by atomic mass is 32.2. The number of carbonyl (C=O) groups excluding carboxylic acids is 2. The third kappa shape index (κ3) is 7.06. The highest BCUT2D eigenvalue weighted by molar-refractivity contribution is 7.99. The minimum atomic E-state index is -2.25. The van der Waals surface area contributed by atoms with E-state index in [1.807, 2.05) is 44.2 Å². The maximum atomic E-state index is 14.5. The van der Waals surface area contributed by atoms with Gasteiger partial charge in [0.1, 0.15) is 12.0 Å². The lowest BCUT2D eigenvalue weighted by Crippen LogP contribution is -2.53. The maximum Gasteiger partial charge on any atom is 0.192 e. The van der Waals surface area contributed by atoms with Crippen molar-refractivity contribution in [3.63, 3.8) is 0 Å². The molecule has 0 radical (unpaired) electrons. The zero-order valence-corrected chi connectivity index (χ0v) is 28.5. The number of hydrogen-bond donors (Lipinski definition) is 1. The molecule has 5 nitrogen and oxygen atoms in total. The van der Waals surface area contributed by atoms with Gasteiger partial charge in [0.25, 0.3) is 0 Å². The number of aldehydes is 1. The third-order valence-electron chi connectivity index (χ3n) is 10.0. The van der Waals surface area contributed by atoms with E-state index < -0.39 is 13.7 Å². The zero-order valence-electron chi connectivity index (χ0n) is 26.7. The fourth-order valence-electron chi connectivity index (χ4n) is 6.08. The minimum absolute atomic E-state index is 0.0247. The number of rotatable bonds is 13. The number of Topliss-reactive ketones (excluding diaryl/α,β-unsaturated/α-hetero) is 1. The summed E-state index contributed by atoms with van der Waals surface area (Å²) < 4.78 is 13.2. The van der Waals surface area contributed by atoms with Crippen molar-refractivity contribution in [2.24, 2.45) is 23.0 Å². The molecule has 4 rings (SSSR count). The largest absolute Gasteiger partial charge is 0.473 e. The first-order chi connectivity index (χ1) is 19.8. The lowest BCUT2D eigenvalue weighted by molar-refractivity contribution is -0.117. The van der Waals surface area contributed by atoms with Crippen LogP contribution in [0.5, 0.6) is 5.75 Å². The molecule has 0 bridgehead atoms. The quantitative estimate of drug-likeness (QED) is 0.106. The van der Waals surface area contributed by atoms with Crippen LogP contribution in [0, 0.1) is 17.3 Å². The Hall–Kier alpha value is -1.93. The molecule has 1 fully saturated rings. The van der Waals surface area contributed by atoms with E-state index in [-0.39, 0.29) is 40.7 Å². The molecule has 7 heteroatoms. The molecule has 230 valence electrons. The maximum absolute atomic E-state index is 14.5. The summed E-state index contributed by atoms with van der Waals surface area (Å²) in [5.41, 5.74) is 7.01. The third-order valence-corrected chi connectivity index (χ3v) is 15.6. The molecule has 0 spiro atoms. The molecular formula is C35H51NO4SSi. The molecule has 0 amide bonds. The van der Waals surface area contributed by atoms with E-state index in [0.717, 1.165) is 23.2 Å². The molecule has 0 aromatic heterocycles. The number of thioether (sulfide) groups is 1. The van der Waals surface area contributed by atoms with E-state index in [4.69, 9.17) is 14.9 Å². The lowest BCUT2D eigenvalue weighted by atomic mass is 9.68. The molecular weight excluding hydrogens is 559 g/mol. The van der Waals surface area contributed by atoms with Crippen LogP contribution in [0.1, 0.15) is 101 Å². The van der Waals surface area contributed by atoms with Crippen LogP contribution in [0.2, 0.25) is 18.1 Å². The number of ketones is 1. The average Bonchev–Trinajstić information content (AvgIpc) is 2.94. The van der Waals surface area contributed by atoms with Gasteiger partial charge in [-0.2, -0.15) is 0 Å². The molecule has 2 aliphatic rings. The van der Waals surface area contributed by atoms with Crippen molar-refractivity contribution < 1.29 is 18.8 Å². The Morgan fingerprint density at radius 1 is 1.07 bits per heavy atom. The van der Waals surface area contributed by atoms with Gasteiger partial charge in [0, 0.05) is 16.5 Å². The van der Waals surface area contributed by atoms with E-state index in [2.05, 4.69) is 46.0 Å². The van der Waals surface area contributed by atoms with Crippen molar-refractivity contribution in [2.75, 3.05) is 0 Å². The monoisotopic (exact) mass is 609 g/mol. The number of carbonyl (C=O) groups is 2. The number of ether oxygens (including phenoxy) is 1. The van der Waals surface area contributed by atoms with Gasteiger partial charge < -0.3 is 19.7 Å². The van der Waals surface area contributed by atoms with E-state index in [0.29, 0.717) is 17.2 Å². The summed E-state index contributed by atoms with van der Waals surface area (Å²) in [6.07, 6.45) is 7.80. The summed E-state index contributed by atoms with van der Waals surface area (Å²) >= 11 is 1.62. The van der Waals surface area contributed by atoms with Crippen LogP contribution >= 0.6 is 11.8 Å². The van der Waals surface area contributed by atoms with Gasteiger partial charge in [-0.3, -0.25) is 4.79 Å². The molecule has 0 saturated heterocycles. The van der Waals surface area contributed by atoms with Crippen LogP contribution in [0.4, 0.5) is 0 Å². The Balaban J connectivity index is 1.64. The Bertz CT molecular complexity index is 1220. The normalized spacial score (nSPS) is 20.5. The predicted molar refractivity (Wildman–Crippen MR) is 176 cm³/mol. The van der Waals surface area contributed by atoms with Crippen molar-refractivity contribution in [3.05, 3.63) is 59.7 Å². The van der Waals surface area contributed by atoms with E-state index in [1.165, 1.54) is 32.1 Å². The summed E-state index contributed by atoms with van der Waals surface area (Å²) in [5, 5.41) is -0.0247. The predicted octanol–water partition coefficient (Wildman–Crippen LogP) is 8.97. The Labute approximate surface area is 258 Å². The molecule has 2 N–H and O–H groups in total. The molecule has 4 atom stereocenters. The van der Waals surface area contributed by atoms with Gasteiger partial charge in [0.15, 0.2) is 19.5 Å². The molecule has 1 aliphatic heterocycles. The summed E-state index contributed by atoms with van der Waals surface area (Å²) in [6.45, 7) is 15.0. The van der Waals surface area contributed by atoms with Crippen LogP contribution < -0.4 is 10.5 Å². The molecule has 1 unspecified atom stereocenters. The van der Waals surface area contributed by atoms with Crippen molar-refractivity contribution in [3.8, 4) is 5.75 Å². The van der Waals surface area contributed by atoms with Crippen molar-refractivity contribution in [1.29, 1.82) is 0 Å². The first kappa shape index (κ1) is 33.0.